The molecule has 1 aromatic rings. The monoisotopic (exact) mass is 221 g/mol. The van der Waals surface area contributed by atoms with Crippen molar-refractivity contribution in [2.75, 3.05) is 11.6 Å². The molecule has 0 aliphatic heterocycles. The Morgan fingerprint density at radius 3 is 2.87 bits per heavy atom. The number of carbonyl (C=O) groups excluding carboxylic acids is 1. The van der Waals surface area contributed by atoms with Gasteiger partial charge in [-0.3, -0.25) is 4.79 Å². The molecule has 0 aromatic heterocycles. The van der Waals surface area contributed by atoms with Gasteiger partial charge in [0.1, 0.15) is 0 Å². The molecular formula is C12H15NOS. The summed E-state index contributed by atoms with van der Waals surface area (Å²) >= 11 is 1.68. The fraction of sp³-hybridized carbons (Fsp3) is 0.417. The zero-order chi connectivity index (χ0) is 10.8. The van der Waals surface area contributed by atoms with Crippen molar-refractivity contribution in [1.82, 2.24) is 0 Å². The predicted molar refractivity (Wildman–Crippen MR) is 64.1 cm³/mol. The molecule has 0 radical (unpaired) electrons. The van der Waals surface area contributed by atoms with E-state index in [4.69, 9.17) is 0 Å². The van der Waals surface area contributed by atoms with Crippen molar-refractivity contribution in [3.8, 4) is 0 Å². The van der Waals surface area contributed by atoms with Crippen LogP contribution in [0, 0.1) is 11.8 Å². The van der Waals surface area contributed by atoms with Gasteiger partial charge in [-0.15, -0.1) is 11.8 Å². The van der Waals surface area contributed by atoms with Crippen LogP contribution in [0.4, 0.5) is 5.69 Å². The molecular weight excluding hydrogens is 206 g/mol. The van der Waals surface area contributed by atoms with Crippen molar-refractivity contribution in [2.24, 2.45) is 11.8 Å². The molecule has 2 atom stereocenters. The molecule has 3 heteroatoms. The van der Waals surface area contributed by atoms with Gasteiger partial charge in [-0.2, -0.15) is 0 Å². The Kier molecular flexibility index (Phi) is 3.00. The standard InChI is InChI=1S/C12H15NOS/c1-8-6-11(8)12(14)13-9-4-3-5-10(7-9)15-2/h3-5,7-8,11H,6H2,1-2H3,(H,13,14). The van der Waals surface area contributed by atoms with E-state index in [-0.39, 0.29) is 11.8 Å². The molecule has 2 nitrogen and oxygen atoms in total. The topological polar surface area (TPSA) is 29.1 Å². The summed E-state index contributed by atoms with van der Waals surface area (Å²) in [6, 6.07) is 7.96. The second-order valence-corrected chi connectivity index (χ2v) is 4.92. The maximum Gasteiger partial charge on any atom is 0.227 e. The molecule has 0 saturated heterocycles. The average molecular weight is 221 g/mol. The third-order valence-corrected chi connectivity index (χ3v) is 3.51. The highest BCUT2D eigenvalue weighted by Crippen LogP contribution is 2.38. The van der Waals surface area contributed by atoms with Crippen LogP contribution in [0.1, 0.15) is 13.3 Å². The average Bonchev–Trinajstić information content (AvgIpc) is 2.96. The summed E-state index contributed by atoms with van der Waals surface area (Å²) in [5.41, 5.74) is 0.908. The second-order valence-electron chi connectivity index (χ2n) is 4.04. The number of hydrogen-bond acceptors (Lipinski definition) is 2. The smallest absolute Gasteiger partial charge is 0.227 e. The van der Waals surface area contributed by atoms with Gasteiger partial charge in [-0.25, -0.2) is 0 Å². The van der Waals surface area contributed by atoms with Gasteiger partial charge in [0.2, 0.25) is 5.91 Å². The van der Waals surface area contributed by atoms with Gasteiger partial charge in [-0.05, 0) is 36.8 Å². The molecule has 1 N–H and O–H groups in total. The summed E-state index contributed by atoms with van der Waals surface area (Å²) in [6.07, 6.45) is 3.07. The molecule has 1 amide bonds. The summed E-state index contributed by atoms with van der Waals surface area (Å²) in [5.74, 6) is 0.970. The molecule has 0 bridgehead atoms. The Bertz CT molecular complexity index is 378. The number of anilines is 1. The van der Waals surface area contributed by atoms with Crippen LogP contribution in [0.25, 0.3) is 0 Å². The molecule has 1 saturated carbocycles. The Morgan fingerprint density at radius 2 is 2.27 bits per heavy atom. The fourth-order valence-electron chi connectivity index (χ4n) is 1.62. The van der Waals surface area contributed by atoms with Gasteiger partial charge in [0.05, 0.1) is 0 Å². The van der Waals surface area contributed by atoms with Gasteiger partial charge in [-0.1, -0.05) is 13.0 Å². The van der Waals surface area contributed by atoms with Gasteiger partial charge in [0, 0.05) is 16.5 Å². The molecule has 15 heavy (non-hydrogen) atoms. The van der Waals surface area contributed by atoms with Gasteiger partial charge >= 0.3 is 0 Å². The Hall–Kier alpha value is -0.960. The summed E-state index contributed by atoms with van der Waals surface area (Å²) in [7, 11) is 0. The number of carbonyl (C=O) groups is 1. The van der Waals surface area contributed by atoms with E-state index in [2.05, 4.69) is 12.2 Å². The van der Waals surface area contributed by atoms with E-state index in [1.807, 2.05) is 30.5 Å². The van der Waals surface area contributed by atoms with Gasteiger partial charge in [0.25, 0.3) is 0 Å². The van der Waals surface area contributed by atoms with Crippen LogP contribution in [-0.4, -0.2) is 12.2 Å². The van der Waals surface area contributed by atoms with Crippen molar-refractivity contribution in [1.29, 1.82) is 0 Å². The number of nitrogens with one attached hydrogen (secondary N) is 1. The lowest BCUT2D eigenvalue weighted by Crippen LogP contribution is -2.14. The zero-order valence-electron chi connectivity index (χ0n) is 8.99. The zero-order valence-corrected chi connectivity index (χ0v) is 9.80. The highest BCUT2D eigenvalue weighted by atomic mass is 32.2. The van der Waals surface area contributed by atoms with Gasteiger partial charge in [0.15, 0.2) is 0 Å². The largest absolute Gasteiger partial charge is 0.326 e. The highest BCUT2D eigenvalue weighted by molar-refractivity contribution is 7.98. The molecule has 80 valence electrons. The predicted octanol–water partition coefficient (Wildman–Crippen LogP) is 3.00. The summed E-state index contributed by atoms with van der Waals surface area (Å²) in [5, 5.41) is 2.96. The van der Waals surface area contributed by atoms with Crippen molar-refractivity contribution >= 4 is 23.4 Å². The van der Waals surface area contributed by atoms with E-state index in [0.717, 1.165) is 12.1 Å². The molecule has 2 unspecified atom stereocenters. The summed E-state index contributed by atoms with van der Waals surface area (Å²) in [4.78, 5) is 12.8. The quantitative estimate of drug-likeness (QED) is 0.795. The maximum absolute atomic E-state index is 11.7. The Labute approximate surface area is 94.4 Å². The minimum absolute atomic E-state index is 0.167. The minimum atomic E-state index is 0.167. The fourth-order valence-corrected chi connectivity index (χ4v) is 2.08. The first-order chi connectivity index (χ1) is 7.20. The second kappa shape index (κ2) is 4.27. The molecule has 0 spiro atoms. The van der Waals surface area contributed by atoms with Crippen LogP contribution < -0.4 is 5.32 Å². The first-order valence-electron chi connectivity index (χ1n) is 5.15. The van der Waals surface area contributed by atoms with Crippen molar-refractivity contribution in [3.05, 3.63) is 24.3 Å². The SMILES string of the molecule is CSc1cccc(NC(=O)C2CC2C)c1. The molecule has 0 heterocycles. The van der Waals surface area contributed by atoms with E-state index < -0.39 is 0 Å². The van der Waals surface area contributed by atoms with Crippen LogP contribution in [0.15, 0.2) is 29.2 Å². The number of rotatable bonds is 3. The molecule has 1 aliphatic rings. The van der Waals surface area contributed by atoms with E-state index >= 15 is 0 Å². The van der Waals surface area contributed by atoms with Crippen molar-refractivity contribution < 1.29 is 4.79 Å². The van der Waals surface area contributed by atoms with Crippen LogP contribution >= 0.6 is 11.8 Å². The highest BCUT2D eigenvalue weighted by Gasteiger charge is 2.38. The van der Waals surface area contributed by atoms with Crippen LogP contribution in [0.3, 0.4) is 0 Å². The van der Waals surface area contributed by atoms with E-state index in [0.29, 0.717) is 5.92 Å². The van der Waals surface area contributed by atoms with E-state index in [1.54, 1.807) is 11.8 Å². The van der Waals surface area contributed by atoms with Crippen LogP contribution in [0.2, 0.25) is 0 Å². The lowest BCUT2D eigenvalue weighted by Gasteiger charge is -2.05. The minimum Gasteiger partial charge on any atom is -0.326 e. The Balaban J connectivity index is 2.00. The maximum atomic E-state index is 11.7. The Morgan fingerprint density at radius 1 is 1.53 bits per heavy atom. The first-order valence-corrected chi connectivity index (χ1v) is 6.38. The molecule has 1 aromatic carbocycles. The van der Waals surface area contributed by atoms with Gasteiger partial charge < -0.3 is 5.32 Å². The molecule has 2 rings (SSSR count). The first kappa shape index (κ1) is 10.6. The molecule has 1 aliphatic carbocycles. The number of amides is 1. The van der Waals surface area contributed by atoms with Crippen LogP contribution in [0.5, 0.6) is 0 Å². The summed E-state index contributed by atoms with van der Waals surface area (Å²) < 4.78 is 0. The molecule has 1 fully saturated rings. The number of hydrogen-bond donors (Lipinski definition) is 1. The van der Waals surface area contributed by atoms with Crippen molar-refractivity contribution in [3.63, 3.8) is 0 Å². The number of thioether (sulfide) groups is 1. The summed E-state index contributed by atoms with van der Waals surface area (Å²) in [6.45, 7) is 2.11. The van der Waals surface area contributed by atoms with Crippen molar-refractivity contribution in [2.45, 2.75) is 18.2 Å². The normalized spacial score (nSPS) is 23.6. The number of benzene rings is 1. The van der Waals surface area contributed by atoms with E-state index in [9.17, 15) is 4.79 Å². The van der Waals surface area contributed by atoms with Crippen LogP contribution in [-0.2, 0) is 4.79 Å². The van der Waals surface area contributed by atoms with E-state index in [1.165, 1.54) is 4.90 Å². The third kappa shape index (κ3) is 2.53. The lowest BCUT2D eigenvalue weighted by atomic mass is 10.3. The third-order valence-electron chi connectivity index (χ3n) is 2.78. The lowest BCUT2D eigenvalue weighted by molar-refractivity contribution is -0.117.